The molecule has 1 aliphatic carbocycles. The van der Waals surface area contributed by atoms with Gasteiger partial charge in [-0.1, -0.05) is 12.1 Å². The number of rotatable bonds is 3. The Morgan fingerprint density at radius 3 is 2.93 bits per heavy atom. The summed E-state index contributed by atoms with van der Waals surface area (Å²) in [7, 11) is 0. The van der Waals surface area contributed by atoms with Crippen molar-refractivity contribution >= 4 is 16.8 Å². The van der Waals surface area contributed by atoms with E-state index in [1.165, 1.54) is 6.07 Å². The lowest BCUT2D eigenvalue weighted by atomic mass is 10.1. The van der Waals surface area contributed by atoms with Crippen molar-refractivity contribution in [2.45, 2.75) is 51.6 Å². The molecule has 0 spiro atoms. The zero-order valence-electron chi connectivity index (χ0n) is 15.5. The number of benzene rings is 1. The molecule has 6 nitrogen and oxygen atoms in total. The first-order chi connectivity index (χ1) is 13.0. The molecule has 0 unspecified atom stereocenters. The molecule has 1 amide bonds. The molecule has 1 N–H and O–H groups in total. The molecule has 3 heterocycles. The van der Waals surface area contributed by atoms with Crippen molar-refractivity contribution in [1.29, 1.82) is 0 Å². The largest absolute Gasteiger partial charge is 0.356 e. The Hall–Kier alpha value is -2.70. The summed E-state index contributed by atoms with van der Waals surface area (Å²) in [6.07, 6.45) is 2.58. The fraction of sp³-hybridized carbons (Fsp3) is 0.450. The Kier molecular flexibility index (Phi) is 3.60. The number of hydrogen-bond acceptors (Lipinski definition) is 3. The van der Waals surface area contributed by atoms with Crippen molar-refractivity contribution in [3.8, 4) is 0 Å². The van der Waals surface area contributed by atoms with Crippen LogP contribution in [0.2, 0.25) is 0 Å². The van der Waals surface area contributed by atoms with E-state index in [0.29, 0.717) is 24.5 Å². The number of aryl methyl sites for hydroxylation is 1. The maximum Gasteiger partial charge on any atom is 0.227 e. The first-order valence-corrected chi connectivity index (χ1v) is 9.52. The van der Waals surface area contributed by atoms with Crippen LogP contribution in [0.3, 0.4) is 0 Å². The van der Waals surface area contributed by atoms with Crippen molar-refractivity contribution in [2.75, 3.05) is 6.54 Å². The number of H-pyrrole nitrogens is 1. The lowest BCUT2D eigenvalue weighted by Gasteiger charge is -2.33. The summed E-state index contributed by atoms with van der Waals surface area (Å²) >= 11 is 0. The second-order valence-corrected chi connectivity index (χ2v) is 7.66. The number of carbonyl (C=O) groups is 1. The second kappa shape index (κ2) is 5.90. The van der Waals surface area contributed by atoms with Crippen LogP contribution < -0.4 is 0 Å². The fourth-order valence-electron chi connectivity index (χ4n) is 4.08. The highest BCUT2D eigenvalue weighted by atomic mass is 19.1. The van der Waals surface area contributed by atoms with Crippen LogP contribution in [0.25, 0.3) is 10.9 Å². The predicted octanol–water partition coefficient (Wildman–Crippen LogP) is 3.23. The van der Waals surface area contributed by atoms with Crippen LogP contribution >= 0.6 is 0 Å². The molecule has 1 saturated carbocycles. The molecule has 0 bridgehead atoms. The minimum Gasteiger partial charge on any atom is -0.356 e. The third kappa shape index (κ3) is 2.64. The number of nitrogens with one attached hydrogen (secondary N) is 1. The van der Waals surface area contributed by atoms with Gasteiger partial charge in [-0.25, -0.2) is 14.1 Å². The van der Waals surface area contributed by atoms with E-state index in [0.717, 1.165) is 41.1 Å². The van der Waals surface area contributed by atoms with E-state index in [2.05, 4.69) is 10.1 Å². The number of aromatic nitrogens is 4. The van der Waals surface area contributed by atoms with Crippen molar-refractivity contribution in [3.05, 3.63) is 46.9 Å². The van der Waals surface area contributed by atoms with E-state index < -0.39 is 0 Å². The molecule has 27 heavy (non-hydrogen) atoms. The maximum absolute atomic E-state index is 14.0. The Morgan fingerprint density at radius 2 is 2.15 bits per heavy atom. The normalized spacial score (nSPS) is 19.5. The molecule has 0 radical (unpaired) electrons. The van der Waals surface area contributed by atoms with E-state index >= 15 is 0 Å². The van der Waals surface area contributed by atoms with Crippen LogP contribution in [0.1, 0.15) is 54.6 Å². The number of halogens is 1. The molecule has 1 fully saturated rings. The van der Waals surface area contributed by atoms with E-state index in [1.807, 2.05) is 29.5 Å². The lowest BCUT2D eigenvalue weighted by Crippen LogP contribution is -2.42. The van der Waals surface area contributed by atoms with E-state index in [4.69, 9.17) is 4.98 Å². The van der Waals surface area contributed by atoms with E-state index in [9.17, 15) is 9.18 Å². The number of fused-ring (bicyclic) bond motifs is 2. The lowest BCUT2D eigenvalue weighted by molar-refractivity contribution is -0.133. The highest BCUT2D eigenvalue weighted by molar-refractivity contribution is 5.90. The average Bonchev–Trinajstić information content (AvgIpc) is 3.32. The summed E-state index contributed by atoms with van der Waals surface area (Å²) in [6, 6.07) is 4.88. The van der Waals surface area contributed by atoms with Gasteiger partial charge < -0.3 is 9.88 Å². The molecular formula is C20H22FN5O. The molecule has 0 saturated heterocycles. The zero-order chi connectivity index (χ0) is 18.7. The van der Waals surface area contributed by atoms with Crippen LogP contribution in [0.4, 0.5) is 4.39 Å². The van der Waals surface area contributed by atoms with E-state index in [-0.39, 0.29) is 24.2 Å². The first kappa shape index (κ1) is 16.5. The molecule has 1 atom stereocenters. The van der Waals surface area contributed by atoms with Crippen LogP contribution in [-0.4, -0.2) is 37.1 Å². The van der Waals surface area contributed by atoms with Gasteiger partial charge in [0.1, 0.15) is 11.6 Å². The van der Waals surface area contributed by atoms with Crippen LogP contribution in [-0.2, 0) is 17.8 Å². The summed E-state index contributed by atoms with van der Waals surface area (Å²) in [5.74, 6) is 2.05. The Labute approximate surface area is 156 Å². The molecule has 3 aromatic rings. The second-order valence-electron chi connectivity index (χ2n) is 7.66. The Bertz CT molecular complexity index is 1050. The highest BCUT2D eigenvalue weighted by Gasteiger charge is 2.34. The molecule has 1 aromatic carbocycles. The number of amides is 1. The molecule has 2 aromatic heterocycles. The van der Waals surface area contributed by atoms with E-state index in [1.54, 1.807) is 6.07 Å². The topological polar surface area (TPSA) is 66.8 Å². The van der Waals surface area contributed by atoms with Crippen molar-refractivity contribution in [3.63, 3.8) is 0 Å². The van der Waals surface area contributed by atoms with Crippen LogP contribution in [0.15, 0.2) is 18.2 Å². The smallest absolute Gasteiger partial charge is 0.227 e. The van der Waals surface area contributed by atoms with Gasteiger partial charge in [0.05, 0.1) is 24.5 Å². The SMILES string of the molecule is Cc1[nH]c2c(F)cccc2c1CC(=O)N1CCn2nc(C3CC3)nc2[C@H]1C. The van der Waals surface area contributed by atoms with Gasteiger partial charge in [-0.05, 0) is 38.3 Å². The number of para-hydroxylation sites is 1. The summed E-state index contributed by atoms with van der Waals surface area (Å²) in [6.45, 7) is 5.19. The fourth-order valence-corrected chi connectivity index (χ4v) is 4.08. The molecular weight excluding hydrogens is 345 g/mol. The van der Waals surface area contributed by atoms with Crippen molar-refractivity contribution in [1.82, 2.24) is 24.6 Å². The predicted molar refractivity (Wildman–Crippen MR) is 98.8 cm³/mol. The van der Waals surface area contributed by atoms with Gasteiger partial charge in [0, 0.05) is 23.5 Å². The molecule has 140 valence electrons. The monoisotopic (exact) mass is 367 g/mol. The molecule has 1 aliphatic heterocycles. The number of hydrogen-bond donors (Lipinski definition) is 1. The van der Waals surface area contributed by atoms with Gasteiger partial charge >= 0.3 is 0 Å². The average molecular weight is 367 g/mol. The minimum absolute atomic E-state index is 0.0398. The quantitative estimate of drug-likeness (QED) is 0.773. The summed E-state index contributed by atoms with van der Waals surface area (Å²) in [4.78, 5) is 22.7. The van der Waals surface area contributed by atoms with Gasteiger partial charge in [-0.3, -0.25) is 4.79 Å². The van der Waals surface area contributed by atoms with Crippen LogP contribution in [0, 0.1) is 12.7 Å². The third-order valence-electron chi connectivity index (χ3n) is 5.81. The molecule has 5 rings (SSSR count). The van der Waals surface area contributed by atoms with Crippen molar-refractivity contribution < 1.29 is 9.18 Å². The Balaban J connectivity index is 1.41. The first-order valence-electron chi connectivity index (χ1n) is 9.52. The summed E-state index contributed by atoms with van der Waals surface area (Å²) in [5.41, 5.74) is 2.18. The minimum atomic E-state index is -0.290. The maximum atomic E-state index is 14.0. The Morgan fingerprint density at radius 1 is 1.33 bits per heavy atom. The summed E-state index contributed by atoms with van der Waals surface area (Å²) < 4.78 is 16.0. The van der Waals surface area contributed by atoms with Gasteiger partial charge in [-0.2, -0.15) is 5.10 Å². The zero-order valence-corrected chi connectivity index (χ0v) is 15.5. The number of nitrogens with zero attached hydrogens (tertiary/aromatic N) is 4. The number of carbonyl (C=O) groups excluding carboxylic acids is 1. The molecule has 7 heteroatoms. The van der Waals surface area contributed by atoms with Gasteiger partial charge in [-0.15, -0.1) is 0 Å². The van der Waals surface area contributed by atoms with Gasteiger partial charge in [0.15, 0.2) is 5.82 Å². The standard InChI is InChI=1S/C20H22FN5O/c1-11-15(14-4-3-5-16(21)18(14)22-11)10-17(27)25-8-9-26-20(12(25)2)23-19(24-26)13-6-7-13/h3-5,12-13,22H,6-10H2,1-2H3/t12-/m1/s1. The molecule has 2 aliphatic rings. The van der Waals surface area contributed by atoms with Gasteiger partial charge in [0.25, 0.3) is 0 Å². The number of aromatic amines is 1. The highest BCUT2D eigenvalue weighted by Crippen LogP contribution is 2.39. The van der Waals surface area contributed by atoms with Gasteiger partial charge in [0.2, 0.25) is 5.91 Å². The van der Waals surface area contributed by atoms with Crippen LogP contribution in [0.5, 0.6) is 0 Å². The summed E-state index contributed by atoms with van der Waals surface area (Å²) in [5, 5.41) is 5.40. The third-order valence-corrected chi connectivity index (χ3v) is 5.81. The van der Waals surface area contributed by atoms with Crippen molar-refractivity contribution in [2.24, 2.45) is 0 Å².